The van der Waals surface area contributed by atoms with Crippen molar-refractivity contribution in [2.45, 2.75) is 38.6 Å². The van der Waals surface area contributed by atoms with Gasteiger partial charge in [-0.25, -0.2) is 9.78 Å². The highest BCUT2D eigenvalue weighted by Crippen LogP contribution is 2.27. The fourth-order valence-electron chi connectivity index (χ4n) is 2.68. The normalized spacial score (nSPS) is 22.3. The van der Waals surface area contributed by atoms with E-state index >= 15 is 0 Å². The number of carboxylic acid groups (broad SMARTS) is 1. The van der Waals surface area contributed by atoms with E-state index < -0.39 is 5.97 Å². The predicted octanol–water partition coefficient (Wildman–Crippen LogP) is 2.43. The van der Waals surface area contributed by atoms with Gasteiger partial charge in [0, 0.05) is 24.8 Å². The van der Waals surface area contributed by atoms with Crippen LogP contribution >= 0.6 is 0 Å². The molecule has 1 heterocycles. The summed E-state index contributed by atoms with van der Waals surface area (Å²) in [5.41, 5.74) is 0.292. The van der Waals surface area contributed by atoms with Gasteiger partial charge in [-0.15, -0.1) is 0 Å². The third kappa shape index (κ3) is 3.15. The highest BCUT2D eigenvalue weighted by Gasteiger charge is 2.25. The number of rotatable bonds is 3. The van der Waals surface area contributed by atoms with Crippen LogP contribution in [0, 0.1) is 5.92 Å². The summed E-state index contributed by atoms with van der Waals surface area (Å²) in [6.45, 7) is 2.24. The number of carboxylic acids is 1. The van der Waals surface area contributed by atoms with Crippen LogP contribution in [0.4, 0.5) is 0 Å². The Labute approximate surface area is 118 Å². The molecular formula is C15H20N2O3. The third-order valence-corrected chi connectivity index (χ3v) is 4.08. The lowest BCUT2D eigenvalue weighted by atomic mass is 9.86. The maximum absolute atomic E-state index is 12.4. The zero-order valence-corrected chi connectivity index (χ0v) is 11.9. The van der Waals surface area contributed by atoms with Crippen LogP contribution < -0.4 is 0 Å². The lowest BCUT2D eigenvalue weighted by molar-refractivity contribution is 0.0679. The molecule has 1 saturated carbocycles. The van der Waals surface area contributed by atoms with Gasteiger partial charge >= 0.3 is 5.97 Å². The molecule has 1 aliphatic rings. The molecule has 1 aliphatic carbocycles. The largest absolute Gasteiger partial charge is 0.477 e. The van der Waals surface area contributed by atoms with E-state index in [1.54, 1.807) is 18.0 Å². The molecular weight excluding hydrogens is 256 g/mol. The summed E-state index contributed by atoms with van der Waals surface area (Å²) < 4.78 is 0. The van der Waals surface area contributed by atoms with Crippen molar-refractivity contribution in [2.24, 2.45) is 5.92 Å². The maximum Gasteiger partial charge on any atom is 0.354 e. The van der Waals surface area contributed by atoms with E-state index in [2.05, 4.69) is 11.9 Å². The number of aromatic nitrogens is 1. The molecule has 0 unspecified atom stereocenters. The molecule has 1 aromatic heterocycles. The molecule has 108 valence electrons. The van der Waals surface area contributed by atoms with E-state index in [-0.39, 0.29) is 17.6 Å². The monoisotopic (exact) mass is 276 g/mol. The fourth-order valence-corrected chi connectivity index (χ4v) is 2.68. The average molecular weight is 276 g/mol. The van der Waals surface area contributed by atoms with Crippen LogP contribution in [-0.2, 0) is 0 Å². The molecule has 2 rings (SSSR count). The fraction of sp³-hybridized carbons (Fsp3) is 0.533. The highest BCUT2D eigenvalue weighted by molar-refractivity contribution is 5.96. The number of aromatic carboxylic acids is 1. The topological polar surface area (TPSA) is 70.5 Å². The number of amides is 1. The van der Waals surface area contributed by atoms with Crippen LogP contribution in [0.2, 0.25) is 0 Å². The van der Waals surface area contributed by atoms with Crippen LogP contribution in [0.5, 0.6) is 0 Å². The Morgan fingerprint density at radius 3 is 2.55 bits per heavy atom. The number of hydrogen-bond donors (Lipinski definition) is 1. The summed E-state index contributed by atoms with van der Waals surface area (Å²) in [6, 6.07) is 3.16. The van der Waals surface area contributed by atoms with E-state index in [0.29, 0.717) is 5.56 Å². The van der Waals surface area contributed by atoms with Gasteiger partial charge in [0.1, 0.15) is 5.69 Å². The lowest BCUT2D eigenvalue weighted by Crippen LogP contribution is -2.39. The lowest BCUT2D eigenvalue weighted by Gasteiger charge is -2.33. The van der Waals surface area contributed by atoms with Crippen molar-refractivity contribution in [2.75, 3.05) is 7.05 Å². The van der Waals surface area contributed by atoms with Gasteiger partial charge in [0.15, 0.2) is 0 Å². The Balaban J connectivity index is 2.10. The molecule has 5 heteroatoms. The first kappa shape index (κ1) is 14.5. The van der Waals surface area contributed by atoms with E-state index in [0.717, 1.165) is 31.6 Å². The number of nitrogens with zero attached hydrogens (tertiary/aromatic N) is 2. The standard InChI is InChI=1S/C15H20N2O3/c1-10-3-5-12(6-4-10)17(2)14(18)11-7-8-16-13(9-11)15(19)20/h7-10,12H,3-6H2,1-2H3,(H,19,20). The second-order valence-electron chi connectivity index (χ2n) is 5.56. The van der Waals surface area contributed by atoms with Crippen molar-refractivity contribution in [1.29, 1.82) is 0 Å². The van der Waals surface area contributed by atoms with Gasteiger partial charge < -0.3 is 10.0 Å². The molecule has 20 heavy (non-hydrogen) atoms. The van der Waals surface area contributed by atoms with Gasteiger partial charge in [-0.1, -0.05) is 6.92 Å². The Bertz CT molecular complexity index is 508. The number of hydrogen-bond acceptors (Lipinski definition) is 3. The van der Waals surface area contributed by atoms with Crippen molar-refractivity contribution in [3.63, 3.8) is 0 Å². The van der Waals surface area contributed by atoms with Crippen molar-refractivity contribution in [3.05, 3.63) is 29.6 Å². The van der Waals surface area contributed by atoms with Crippen LogP contribution in [0.3, 0.4) is 0 Å². The molecule has 0 radical (unpaired) electrons. The quantitative estimate of drug-likeness (QED) is 0.920. The molecule has 1 N–H and O–H groups in total. The summed E-state index contributed by atoms with van der Waals surface area (Å²) in [5, 5.41) is 8.92. The number of carbonyl (C=O) groups excluding carboxylic acids is 1. The summed E-state index contributed by atoms with van der Waals surface area (Å²) in [7, 11) is 1.80. The first-order valence-electron chi connectivity index (χ1n) is 6.95. The van der Waals surface area contributed by atoms with Crippen molar-refractivity contribution in [1.82, 2.24) is 9.88 Å². The minimum Gasteiger partial charge on any atom is -0.477 e. The van der Waals surface area contributed by atoms with Gasteiger partial charge in [-0.3, -0.25) is 4.79 Å². The van der Waals surface area contributed by atoms with Crippen LogP contribution in [0.1, 0.15) is 53.5 Å². The average Bonchev–Trinajstić information content (AvgIpc) is 2.46. The zero-order chi connectivity index (χ0) is 14.7. The smallest absolute Gasteiger partial charge is 0.354 e. The Morgan fingerprint density at radius 1 is 1.30 bits per heavy atom. The number of pyridine rings is 1. The molecule has 1 amide bonds. The highest BCUT2D eigenvalue weighted by atomic mass is 16.4. The van der Waals surface area contributed by atoms with Crippen LogP contribution in [0.15, 0.2) is 18.3 Å². The predicted molar refractivity (Wildman–Crippen MR) is 74.7 cm³/mol. The molecule has 0 atom stereocenters. The van der Waals surface area contributed by atoms with Crippen molar-refractivity contribution in [3.8, 4) is 0 Å². The van der Waals surface area contributed by atoms with Crippen LogP contribution in [0.25, 0.3) is 0 Å². The zero-order valence-electron chi connectivity index (χ0n) is 11.9. The number of carbonyl (C=O) groups is 2. The minimum atomic E-state index is -1.12. The van der Waals surface area contributed by atoms with E-state index in [1.807, 2.05) is 0 Å². The van der Waals surface area contributed by atoms with Gasteiger partial charge in [0.25, 0.3) is 5.91 Å². The van der Waals surface area contributed by atoms with Crippen molar-refractivity contribution < 1.29 is 14.7 Å². The minimum absolute atomic E-state index is 0.0958. The SMILES string of the molecule is CC1CCC(N(C)C(=O)c2ccnc(C(=O)O)c2)CC1. The summed E-state index contributed by atoms with van der Waals surface area (Å²) >= 11 is 0. The van der Waals surface area contributed by atoms with Crippen LogP contribution in [-0.4, -0.2) is 40.0 Å². The third-order valence-electron chi connectivity index (χ3n) is 4.08. The molecule has 0 aromatic carbocycles. The van der Waals surface area contributed by atoms with Gasteiger partial charge in [0.2, 0.25) is 0 Å². The molecule has 1 fully saturated rings. The van der Waals surface area contributed by atoms with E-state index in [4.69, 9.17) is 5.11 Å². The summed E-state index contributed by atoms with van der Waals surface area (Å²) in [5.74, 6) is -0.516. The maximum atomic E-state index is 12.4. The summed E-state index contributed by atoms with van der Waals surface area (Å²) in [4.78, 5) is 28.8. The second kappa shape index (κ2) is 6.03. The Kier molecular flexibility index (Phi) is 4.37. The first-order valence-corrected chi connectivity index (χ1v) is 6.95. The Morgan fingerprint density at radius 2 is 1.95 bits per heavy atom. The second-order valence-corrected chi connectivity index (χ2v) is 5.56. The molecule has 0 aliphatic heterocycles. The molecule has 0 spiro atoms. The summed E-state index contributed by atoms with van der Waals surface area (Å²) in [6.07, 6.45) is 5.67. The van der Waals surface area contributed by atoms with Gasteiger partial charge in [0.05, 0.1) is 0 Å². The van der Waals surface area contributed by atoms with Crippen molar-refractivity contribution >= 4 is 11.9 Å². The van der Waals surface area contributed by atoms with Gasteiger partial charge in [-0.05, 0) is 43.7 Å². The van der Waals surface area contributed by atoms with E-state index in [9.17, 15) is 9.59 Å². The molecule has 1 aromatic rings. The van der Waals surface area contributed by atoms with E-state index in [1.165, 1.54) is 12.3 Å². The molecule has 5 nitrogen and oxygen atoms in total. The molecule has 0 saturated heterocycles. The molecule has 0 bridgehead atoms. The Hall–Kier alpha value is -1.91. The first-order chi connectivity index (χ1) is 9.49. The van der Waals surface area contributed by atoms with Gasteiger partial charge in [-0.2, -0.15) is 0 Å².